The zero-order chi connectivity index (χ0) is 14.5. The van der Waals surface area contributed by atoms with Gasteiger partial charge in [0, 0.05) is 24.3 Å². The van der Waals surface area contributed by atoms with Gasteiger partial charge in [-0.1, -0.05) is 6.92 Å². The van der Waals surface area contributed by atoms with Crippen LogP contribution in [0.15, 0.2) is 24.5 Å². The third-order valence-electron chi connectivity index (χ3n) is 2.93. The molecule has 106 valence electrons. The normalized spacial score (nSPS) is 11.9. The molecule has 0 bridgehead atoms. The number of carbonyl (C=O) groups is 1. The molecule has 0 aliphatic heterocycles. The van der Waals surface area contributed by atoms with Gasteiger partial charge in [0.1, 0.15) is 10.8 Å². The minimum atomic E-state index is -0.150. The van der Waals surface area contributed by atoms with Crippen LogP contribution in [0.5, 0.6) is 0 Å². The predicted octanol–water partition coefficient (Wildman–Crippen LogP) is 2.63. The summed E-state index contributed by atoms with van der Waals surface area (Å²) in [4.78, 5) is 22.0. The van der Waals surface area contributed by atoms with Crippen molar-refractivity contribution < 1.29 is 4.79 Å². The summed E-state index contributed by atoms with van der Waals surface area (Å²) in [6.07, 6.45) is 4.48. The second-order valence-electron chi connectivity index (χ2n) is 4.36. The molecular formula is C14H18N4OS. The highest BCUT2D eigenvalue weighted by Crippen LogP contribution is 2.21. The average Bonchev–Trinajstić information content (AvgIpc) is 2.96. The second-order valence-corrected chi connectivity index (χ2v) is 5.51. The van der Waals surface area contributed by atoms with Crippen molar-refractivity contribution >= 4 is 23.1 Å². The number of aryl methyl sites for hydroxylation is 1. The first-order valence-corrected chi connectivity index (χ1v) is 7.35. The van der Waals surface area contributed by atoms with E-state index in [1.807, 2.05) is 13.1 Å². The van der Waals surface area contributed by atoms with Gasteiger partial charge in [0.15, 0.2) is 0 Å². The topological polar surface area (TPSA) is 66.9 Å². The van der Waals surface area contributed by atoms with Crippen molar-refractivity contribution in [1.29, 1.82) is 0 Å². The number of nitrogens with one attached hydrogen (secondary N) is 2. The quantitative estimate of drug-likeness (QED) is 0.888. The molecule has 0 aliphatic rings. The van der Waals surface area contributed by atoms with Crippen LogP contribution in [0.25, 0.3) is 0 Å². The molecule has 2 rings (SSSR count). The molecule has 0 spiro atoms. The Balaban J connectivity index is 2.10. The number of amides is 1. The van der Waals surface area contributed by atoms with Crippen LogP contribution in [0.4, 0.5) is 5.82 Å². The van der Waals surface area contributed by atoms with E-state index in [0.717, 1.165) is 11.4 Å². The van der Waals surface area contributed by atoms with Crippen LogP contribution in [0, 0.1) is 0 Å². The summed E-state index contributed by atoms with van der Waals surface area (Å²) < 4.78 is 0. The van der Waals surface area contributed by atoms with Crippen LogP contribution in [-0.2, 0) is 6.42 Å². The highest BCUT2D eigenvalue weighted by atomic mass is 32.1. The number of hydrogen-bond acceptors (Lipinski definition) is 5. The van der Waals surface area contributed by atoms with Gasteiger partial charge in [-0.2, -0.15) is 0 Å². The van der Waals surface area contributed by atoms with Crippen LogP contribution in [0.1, 0.15) is 40.1 Å². The van der Waals surface area contributed by atoms with Gasteiger partial charge in [-0.3, -0.25) is 4.79 Å². The van der Waals surface area contributed by atoms with E-state index in [-0.39, 0.29) is 11.9 Å². The highest BCUT2D eigenvalue weighted by Gasteiger charge is 2.16. The predicted molar refractivity (Wildman–Crippen MR) is 81.2 cm³/mol. The first-order chi connectivity index (χ1) is 9.65. The number of aromatic nitrogens is 2. The monoisotopic (exact) mass is 290 g/mol. The van der Waals surface area contributed by atoms with Crippen molar-refractivity contribution in [1.82, 2.24) is 15.3 Å². The Morgan fingerprint density at radius 3 is 2.90 bits per heavy atom. The van der Waals surface area contributed by atoms with Gasteiger partial charge in [0.05, 0.1) is 11.6 Å². The second kappa shape index (κ2) is 6.47. The van der Waals surface area contributed by atoms with Gasteiger partial charge in [0.25, 0.3) is 5.91 Å². The van der Waals surface area contributed by atoms with Crippen molar-refractivity contribution in [3.05, 3.63) is 40.0 Å². The van der Waals surface area contributed by atoms with Crippen molar-refractivity contribution in [2.24, 2.45) is 0 Å². The Kier molecular flexibility index (Phi) is 4.68. The average molecular weight is 290 g/mol. The fourth-order valence-electron chi connectivity index (χ4n) is 1.81. The zero-order valence-electron chi connectivity index (χ0n) is 11.8. The summed E-state index contributed by atoms with van der Waals surface area (Å²) in [7, 11) is 1.75. The summed E-state index contributed by atoms with van der Waals surface area (Å²) >= 11 is 1.63. The molecule has 0 saturated carbocycles. The number of carbonyl (C=O) groups excluding carboxylic acids is 1. The van der Waals surface area contributed by atoms with Gasteiger partial charge < -0.3 is 10.6 Å². The molecule has 2 heterocycles. The minimum absolute atomic E-state index is 0.113. The fraction of sp³-hybridized carbons (Fsp3) is 0.357. The lowest BCUT2D eigenvalue weighted by Gasteiger charge is -2.13. The summed E-state index contributed by atoms with van der Waals surface area (Å²) in [6.45, 7) is 4.03. The van der Waals surface area contributed by atoms with Gasteiger partial charge in [-0.25, -0.2) is 9.97 Å². The van der Waals surface area contributed by atoms with E-state index in [1.165, 1.54) is 4.88 Å². The van der Waals surface area contributed by atoms with Gasteiger partial charge >= 0.3 is 0 Å². The molecular weight excluding hydrogens is 272 g/mol. The molecule has 0 saturated heterocycles. The summed E-state index contributed by atoms with van der Waals surface area (Å²) in [5.74, 6) is 0.425. The minimum Gasteiger partial charge on any atom is -0.372 e. The lowest BCUT2D eigenvalue weighted by atomic mass is 10.2. The lowest BCUT2D eigenvalue weighted by Crippen LogP contribution is -2.27. The fourth-order valence-corrected chi connectivity index (χ4v) is 2.67. The van der Waals surface area contributed by atoms with Crippen molar-refractivity contribution in [2.75, 3.05) is 12.4 Å². The maximum atomic E-state index is 12.3. The van der Waals surface area contributed by atoms with E-state index < -0.39 is 0 Å². The van der Waals surface area contributed by atoms with E-state index in [9.17, 15) is 4.79 Å². The van der Waals surface area contributed by atoms with E-state index in [2.05, 4.69) is 27.5 Å². The summed E-state index contributed by atoms with van der Waals surface area (Å²) in [5.41, 5.74) is 0.536. The largest absolute Gasteiger partial charge is 0.372 e. The van der Waals surface area contributed by atoms with Crippen molar-refractivity contribution in [2.45, 2.75) is 26.3 Å². The van der Waals surface area contributed by atoms with Crippen LogP contribution >= 0.6 is 11.3 Å². The van der Waals surface area contributed by atoms with Crippen molar-refractivity contribution in [3.63, 3.8) is 0 Å². The first-order valence-electron chi connectivity index (χ1n) is 6.54. The number of pyridine rings is 1. The zero-order valence-corrected chi connectivity index (χ0v) is 12.6. The SMILES string of the molecule is CCc1cnc(C(C)NC(=O)c2cccnc2NC)s1. The molecule has 5 nitrogen and oxygen atoms in total. The molecule has 2 aromatic heterocycles. The van der Waals surface area contributed by atoms with Gasteiger partial charge in [-0.05, 0) is 25.5 Å². The number of anilines is 1. The Morgan fingerprint density at radius 2 is 2.25 bits per heavy atom. The Morgan fingerprint density at radius 1 is 1.45 bits per heavy atom. The number of thiazole rings is 1. The number of rotatable bonds is 5. The van der Waals surface area contributed by atoms with Crippen LogP contribution < -0.4 is 10.6 Å². The molecule has 2 N–H and O–H groups in total. The van der Waals surface area contributed by atoms with Crippen LogP contribution in [0.3, 0.4) is 0 Å². The standard InChI is InChI=1S/C14H18N4OS/c1-4-10-8-17-14(20-10)9(2)18-13(19)11-6-5-7-16-12(11)15-3/h5-9H,4H2,1-3H3,(H,15,16)(H,18,19). The van der Waals surface area contributed by atoms with E-state index in [4.69, 9.17) is 0 Å². The summed E-state index contributed by atoms with van der Waals surface area (Å²) in [6, 6.07) is 3.39. The molecule has 0 aliphatic carbocycles. The van der Waals surface area contributed by atoms with Crippen LogP contribution in [-0.4, -0.2) is 22.9 Å². The molecule has 0 radical (unpaired) electrons. The molecule has 2 aromatic rings. The summed E-state index contributed by atoms with van der Waals surface area (Å²) in [5, 5.41) is 6.79. The molecule has 1 amide bonds. The van der Waals surface area contributed by atoms with Crippen LogP contribution in [0.2, 0.25) is 0 Å². The lowest BCUT2D eigenvalue weighted by molar-refractivity contribution is 0.0940. The molecule has 20 heavy (non-hydrogen) atoms. The van der Waals surface area contributed by atoms with Gasteiger partial charge in [-0.15, -0.1) is 11.3 Å². The Labute approximate surface area is 122 Å². The Hall–Kier alpha value is -1.95. The van der Waals surface area contributed by atoms with E-state index in [1.54, 1.807) is 36.7 Å². The maximum absolute atomic E-state index is 12.3. The van der Waals surface area contributed by atoms with Gasteiger partial charge in [0.2, 0.25) is 0 Å². The molecule has 0 aromatic carbocycles. The third-order valence-corrected chi connectivity index (χ3v) is 4.25. The Bertz CT molecular complexity index is 596. The van der Waals surface area contributed by atoms with E-state index >= 15 is 0 Å². The molecule has 1 atom stereocenters. The molecule has 1 unspecified atom stereocenters. The maximum Gasteiger partial charge on any atom is 0.255 e. The smallest absolute Gasteiger partial charge is 0.255 e. The number of nitrogens with zero attached hydrogens (tertiary/aromatic N) is 2. The van der Waals surface area contributed by atoms with Crippen molar-refractivity contribution in [3.8, 4) is 0 Å². The van der Waals surface area contributed by atoms with E-state index in [0.29, 0.717) is 11.4 Å². The number of hydrogen-bond donors (Lipinski definition) is 2. The molecule has 0 fully saturated rings. The first kappa shape index (κ1) is 14.5. The molecule has 6 heteroatoms. The highest BCUT2D eigenvalue weighted by molar-refractivity contribution is 7.11. The third kappa shape index (κ3) is 3.14.